The van der Waals surface area contributed by atoms with Gasteiger partial charge in [-0.05, 0) is 48.7 Å². The maximum atomic E-state index is 13.7. The molecule has 2 aromatic rings. The predicted molar refractivity (Wildman–Crippen MR) is 82.1 cm³/mol. The number of carbonyl (C=O) groups excluding carboxylic acids is 2. The summed E-state index contributed by atoms with van der Waals surface area (Å²) in [5, 5.41) is 2.66. The van der Waals surface area contributed by atoms with E-state index in [1.165, 1.54) is 12.1 Å². The average molecular weight is 300 g/mol. The number of carbonyl (C=O) groups is 2. The van der Waals surface area contributed by atoms with Gasteiger partial charge in [0.25, 0.3) is 5.91 Å². The van der Waals surface area contributed by atoms with Crippen molar-refractivity contribution >= 4 is 11.8 Å². The SMILES string of the molecule is Cc1ccc(C(=O)NCCc2cccc(C(N)=O)c2)c(F)c1. The number of rotatable bonds is 5. The van der Waals surface area contributed by atoms with Gasteiger partial charge in [0.05, 0.1) is 5.56 Å². The quantitative estimate of drug-likeness (QED) is 0.888. The van der Waals surface area contributed by atoms with Crippen molar-refractivity contribution in [2.45, 2.75) is 13.3 Å². The van der Waals surface area contributed by atoms with Crippen LogP contribution in [-0.2, 0) is 6.42 Å². The molecular formula is C17H17FN2O2. The van der Waals surface area contributed by atoms with Crippen molar-refractivity contribution < 1.29 is 14.0 Å². The van der Waals surface area contributed by atoms with Gasteiger partial charge in [-0.3, -0.25) is 9.59 Å². The molecule has 5 heteroatoms. The van der Waals surface area contributed by atoms with E-state index in [4.69, 9.17) is 5.73 Å². The average Bonchev–Trinajstić information content (AvgIpc) is 2.47. The fraction of sp³-hybridized carbons (Fsp3) is 0.176. The molecule has 22 heavy (non-hydrogen) atoms. The van der Waals surface area contributed by atoms with E-state index in [9.17, 15) is 14.0 Å². The second-order valence-corrected chi connectivity index (χ2v) is 5.05. The third-order valence-electron chi connectivity index (χ3n) is 3.28. The highest BCUT2D eigenvalue weighted by molar-refractivity contribution is 5.94. The first-order valence-corrected chi connectivity index (χ1v) is 6.90. The first-order chi connectivity index (χ1) is 10.5. The molecule has 114 valence electrons. The Labute approximate surface area is 128 Å². The lowest BCUT2D eigenvalue weighted by Crippen LogP contribution is -2.26. The number of amides is 2. The van der Waals surface area contributed by atoms with Crippen molar-refractivity contribution in [1.82, 2.24) is 5.32 Å². The molecule has 0 spiro atoms. The Hall–Kier alpha value is -2.69. The van der Waals surface area contributed by atoms with Crippen molar-refractivity contribution in [3.63, 3.8) is 0 Å². The standard InChI is InChI=1S/C17H17FN2O2/c1-11-5-6-14(15(18)9-11)17(22)20-8-7-12-3-2-4-13(10-12)16(19)21/h2-6,9-10H,7-8H2,1H3,(H2,19,21)(H,20,22). The zero-order valence-corrected chi connectivity index (χ0v) is 12.2. The highest BCUT2D eigenvalue weighted by Gasteiger charge is 2.11. The van der Waals surface area contributed by atoms with Gasteiger partial charge in [-0.2, -0.15) is 0 Å². The number of nitrogens with two attached hydrogens (primary N) is 1. The number of halogens is 1. The summed E-state index contributed by atoms with van der Waals surface area (Å²) in [4.78, 5) is 23.0. The Balaban J connectivity index is 1.94. The zero-order valence-electron chi connectivity index (χ0n) is 12.2. The van der Waals surface area contributed by atoms with Gasteiger partial charge in [0.15, 0.2) is 0 Å². The molecule has 0 unspecified atom stereocenters. The third-order valence-corrected chi connectivity index (χ3v) is 3.28. The molecule has 0 radical (unpaired) electrons. The molecule has 0 atom stereocenters. The maximum absolute atomic E-state index is 13.7. The number of benzene rings is 2. The van der Waals surface area contributed by atoms with Crippen LogP contribution in [0.25, 0.3) is 0 Å². The van der Waals surface area contributed by atoms with Gasteiger partial charge in [-0.15, -0.1) is 0 Å². The van der Waals surface area contributed by atoms with E-state index in [2.05, 4.69) is 5.32 Å². The van der Waals surface area contributed by atoms with Gasteiger partial charge >= 0.3 is 0 Å². The van der Waals surface area contributed by atoms with Crippen molar-refractivity contribution in [2.24, 2.45) is 5.73 Å². The second kappa shape index (κ2) is 6.85. The number of hydrogen-bond acceptors (Lipinski definition) is 2. The summed E-state index contributed by atoms with van der Waals surface area (Å²) < 4.78 is 13.7. The third kappa shape index (κ3) is 3.91. The topological polar surface area (TPSA) is 72.2 Å². The minimum Gasteiger partial charge on any atom is -0.366 e. The molecule has 2 amide bonds. The van der Waals surface area contributed by atoms with E-state index >= 15 is 0 Å². The van der Waals surface area contributed by atoms with Gasteiger partial charge in [0, 0.05) is 12.1 Å². The molecule has 0 saturated carbocycles. The number of hydrogen-bond donors (Lipinski definition) is 2. The molecule has 0 aliphatic heterocycles. The Morgan fingerprint density at radius 3 is 2.64 bits per heavy atom. The molecule has 0 aliphatic carbocycles. The molecule has 0 heterocycles. The molecule has 0 aliphatic rings. The highest BCUT2D eigenvalue weighted by atomic mass is 19.1. The van der Waals surface area contributed by atoms with Crippen LogP contribution in [0.1, 0.15) is 31.8 Å². The predicted octanol–water partition coefficient (Wildman–Crippen LogP) is 2.21. The number of primary amides is 1. The zero-order chi connectivity index (χ0) is 16.1. The lowest BCUT2D eigenvalue weighted by Gasteiger charge is -2.07. The fourth-order valence-electron chi connectivity index (χ4n) is 2.10. The van der Waals surface area contributed by atoms with Gasteiger partial charge in [-0.25, -0.2) is 4.39 Å². The molecule has 0 saturated heterocycles. The van der Waals surface area contributed by atoms with Crippen LogP contribution < -0.4 is 11.1 Å². The molecule has 0 aromatic heterocycles. The Morgan fingerprint density at radius 2 is 1.95 bits per heavy atom. The van der Waals surface area contributed by atoms with E-state index in [1.807, 2.05) is 6.07 Å². The summed E-state index contributed by atoms with van der Waals surface area (Å²) in [6.07, 6.45) is 0.528. The van der Waals surface area contributed by atoms with E-state index in [1.54, 1.807) is 31.2 Å². The molecule has 3 N–H and O–H groups in total. The first kappa shape index (κ1) is 15.7. The minimum atomic E-state index is -0.534. The molecule has 0 bridgehead atoms. The normalized spacial score (nSPS) is 10.3. The Morgan fingerprint density at radius 1 is 1.18 bits per heavy atom. The summed E-state index contributed by atoms with van der Waals surface area (Å²) in [7, 11) is 0. The largest absolute Gasteiger partial charge is 0.366 e. The van der Waals surface area contributed by atoms with Gasteiger partial charge in [0.2, 0.25) is 5.91 Å². The van der Waals surface area contributed by atoms with E-state index in [0.717, 1.165) is 11.1 Å². The molecular weight excluding hydrogens is 283 g/mol. The van der Waals surface area contributed by atoms with E-state index < -0.39 is 17.6 Å². The fourth-order valence-corrected chi connectivity index (χ4v) is 2.10. The molecule has 0 fully saturated rings. The van der Waals surface area contributed by atoms with Crippen molar-refractivity contribution in [2.75, 3.05) is 6.54 Å². The van der Waals surface area contributed by atoms with Crippen LogP contribution in [0.2, 0.25) is 0 Å². The first-order valence-electron chi connectivity index (χ1n) is 6.90. The van der Waals surface area contributed by atoms with Crippen LogP contribution in [0, 0.1) is 12.7 Å². The van der Waals surface area contributed by atoms with Crippen LogP contribution >= 0.6 is 0 Å². The number of aryl methyl sites for hydroxylation is 1. The van der Waals surface area contributed by atoms with Gasteiger partial charge < -0.3 is 11.1 Å². The monoisotopic (exact) mass is 300 g/mol. The van der Waals surface area contributed by atoms with Crippen molar-refractivity contribution in [1.29, 1.82) is 0 Å². The van der Waals surface area contributed by atoms with Crippen LogP contribution in [0.15, 0.2) is 42.5 Å². The van der Waals surface area contributed by atoms with Crippen LogP contribution in [0.3, 0.4) is 0 Å². The maximum Gasteiger partial charge on any atom is 0.254 e. The van der Waals surface area contributed by atoms with Gasteiger partial charge in [0.1, 0.15) is 5.82 Å². The lowest BCUT2D eigenvalue weighted by atomic mass is 10.1. The van der Waals surface area contributed by atoms with E-state index in [0.29, 0.717) is 18.5 Å². The number of nitrogens with one attached hydrogen (secondary N) is 1. The second-order valence-electron chi connectivity index (χ2n) is 5.05. The summed E-state index contributed by atoms with van der Waals surface area (Å²) in [5.74, 6) is -1.48. The molecule has 2 aromatic carbocycles. The van der Waals surface area contributed by atoms with Crippen LogP contribution in [-0.4, -0.2) is 18.4 Å². The summed E-state index contributed by atoms with van der Waals surface area (Å²) in [6.45, 7) is 2.10. The Bertz CT molecular complexity index is 714. The Kier molecular flexibility index (Phi) is 4.88. The lowest BCUT2D eigenvalue weighted by molar-refractivity contribution is 0.0948. The van der Waals surface area contributed by atoms with Crippen molar-refractivity contribution in [3.05, 3.63) is 70.5 Å². The van der Waals surface area contributed by atoms with Crippen LogP contribution in [0.5, 0.6) is 0 Å². The molecule has 2 rings (SSSR count). The van der Waals surface area contributed by atoms with Crippen molar-refractivity contribution in [3.8, 4) is 0 Å². The summed E-state index contributed by atoms with van der Waals surface area (Å²) in [5.41, 5.74) is 7.30. The van der Waals surface area contributed by atoms with E-state index in [-0.39, 0.29) is 5.56 Å². The summed E-state index contributed by atoms with van der Waals surface area (Å²) >= 11 is 0. The highest BCUT2D eigenvalue weighted by Crippen LogP contribution is 2.10. The van der Waals surface area contributed by atoms with Crippen LogP contribution in [0.4, 0.5) is 4.39 Å². The smallest absolute Gasteiger partial charge is 0.254 e. The summed E-state index contributed by atoms with van der Waals surface area (Å²) in [6, 6.07) is 11.4. The molecule has 4 nitrogen and oxygen atoms in total. The minimum absolute atomic E-state index is 0.0245. The van der Waals surface area contributed by atoms with Gasteiger partial charge in [-0.1, -0.05) is 18.2 Å².